The summed E-state index contributed by atoms with van der Waals surface area (Å²) in [6, 6.07) is 0.149. The fourth-order valence-corrected chi connectivity index (χ4v) is 2.78. The van der Waals surface area contributed by atoms with Crippen molar-refractivity contribution in [1.82, 2.24) is 4.90 Å². The van der Waals surface area contributed by atoms with Crippen molar-refractivity contribution in [1.29, 1.82) is 0 Å². The van der Waals surface area contributed by atoms with Gasteiger partial charge in [-0.3, -0.25) is 4.90 Å². The zero-order valence-corrected chi connectivity index (χ0v) is 11.3. The van der Waals surface area contributed by atoms with Crippen LogP contribution < -0.4 is 0 Å². The van der Waals surface area contributed by atoms with E-state index < -0.39 is 6.08 Å². The first-order chi connectivity index (χ1) is 8.28. The minimum absolute atomic E-state index is 0.149. The van der Waals surface area contributed by atoms with Crippen molar-refractivity contribution in [2.75, 3.05) is 19.7 Å². The molecule has 0 aromatic carbocycles. The summed E-state index contributed by atoms with van der Waals surface area (Å²) in [6.45, 7) is 11.3. The number of fused-ring (bicyclic) bond motifs is 1. The molecule has 2 aliphatic rings. The first kappa shape index (κ1) is 13.7. The minimum atomic E-state index is -1.53. The Morgan fingerprint density at radius 1 is 1.39 bits per heavy atom. The molecule has 102 valence electrons. The number of nitrogens with zero attached hydrogens (tertiary/aromatic N) is 1. The van der Waals surface area contributed by atoms with Crippen LogP contribution in [0.5, 0.6) is 0 Å². The summed E-state index contributed by atoms with van der Waals surface area (Å²) >= 11 is 0. The van der Waals surface area contributed by atoms with Crippen molar-refractivity contribution in [2.24, 2.45) is 5.92 Å². The van der Waals surface area contributed by atoms with Crippen LogP contribution in [0.4, 0.5) is 8.78 Å². The van der Waals surface area contributed by atoms with Crippen molar-refractivity contribution in [3.05, 3.63) is 23.8 Å². The molecule has 2 saturated heterocycles. The van der Waals surface area contributed by atoms with Gasteiger partial charge in [0.25, 0.3) is 6.08 Å². The highest BCUT2D eigenvalue weighted by Gasteiger charge is 2.44. The van der Waals surface area contributed by atoms with Crippen LogP contribution in [0.1, 0.15) is 27.2 Å². The average Bonchev–Trinajstić information content (AvgIpc) is 2.69. The SMILES string of the molecule is C=C1CC2C(COC(C)(C)C)C(=C(F)F)CN2C1. The maximum atomic E-state index is 13.0. The van der Waals surface area contributed by atoms with Crippen LogP contribution in [-0.2, 0) is 4.74 Å². The highest BCUT2D eigenvalue weighted by Crippen LogP contribution is 2.40. The van der Waals surface area contributed by atoms with Crippen molar-refractivity contribution < 1.29 is 13.5 Å². The lowest BCUT2D eigenvalue weighted by Crippen LogP contribution is -2.31. The number of rotatable bonds is 2. The Morgan fingerprint density at radius 2 is 2.06 bits per heavy atom. The van der Waals surface area contributed by atoms with Gasteiger partial charge in [-0.25, -0.2) is 0 Å². The summed E-state index contributed by atoms with van der Waals surface area (Å²) in [7, 11) is 0. The van der Waals surface area contributed by atoms with Gasteiger partial charge in [-0.15, -0.1) is 0 Å². The molecule has 0 aromatic heterocycles. The molecule has 2 heterocycles. The lowest BCUT2D eigenvalue weighted by atomic mass is 9.94. The first-order valence-corrected chi connectivity index (χ1v) is 6.36. The smallest absolute Gasteiger partial charge is 0.271 e. The Morgan fingerprint density at radius 3 is 2.61 bits per heavy atom. The molecule has 0 N–H and O–H groups in total. The van der Waals surface area contributed by atoms with Gasteiger partial charge in [0.15, 0.2) is 0 Å². The average molecular weight is 257 g/mol. The fraction of sp³-hybridized carbons (Fsp3) is 0.714. The highest BCUT2D eigenvalue weighted by atomic mass is 19.3. The minimum Gasteiger partial charge on any atom is -0.375 e. The van der Waals surface area contributed by atoms with Crippen molar-refractivity contribution in [3.63, 3.8) is 0 Å². The van der Waals surface area contributed by atoms with Gasteiger partial charge in [0.05, 0.1) is 12.2 Å². The highest BCUT2D eigenvalue weighted by molar-refractivity contribution is 5.25. The van der Waals surface area contributed by atoms with Gasteiger partial charge in [0.1, 0.15) is 0 Å². The normalized spacial score (nSPS) is 28.9. The van der Waals surface area contributed by atoms with Gasteiger partial charge in [0.2, 0.25) is 0 Å². The molecule has 2 fully saturated rings. The van der Waals surface area contributed by atoms with E-state index in [9.17, 15) is 8.78 Å². The van der Waals surface area contributed by atoms with E-state index in [-0.39, 0.29) is 23.1 Å². The molecule has 2 unspecified atom stereocenters. The fourth-order valence-electron chi connectivity index (χ4n) is 2.78. The lowest BCUT2D eigenvalue weighted by Gasteiger charge is -2.25. The number of ether oxygens (including phenoxy) is 1. The zero-order valence-electron chi connectivity index (χ0n) is 11.3. The summed E-state index contributed by atoms with van der Waals surface area (Å²) in [5, 5.41) is 0. The predicted molar refractivity (Wildman–Crippen MR) is 67.6 cm³/mol. The zero-order chi connectivity index (χ0) is 13.5. The summed E-state index contributed by atoms with van der Waals surface area (Å²) in [5.41, 5.74) is 1.11. The van der Waals surface area contributed by atoms with Crippen molar-refractivity contribution in [2.45, 2.75) is 38.8 Å². The molecule has 2 nitrogen and oxygen atoms in total. The van der Waals surface area contributed by atoms with Crippen LogP contribution in [-0.4, -0.2) is 36.2 Å². The summed E-state index contributed by atoms with van der Waals surface area (Å²) in [5.74, 6) is -0.187. The van der Waals surface area contributed by atoms with Crippen molar-refractivity contribution >= 4 is 0 Å². The monoisotopic (exact) mass is 257 g/mol. The summed E-state index contributed by atoms with van der Waals surface area (Å²) in [6.07, 6.45) is -0.716. The van der Waals surface area contributed by atoms with Gasteiger partial charge < -0.3 is 4.74 Å². The van der Waals surface area contributed by atoms with Gasteiger partial charge in [-0.05, 0) is 27.2 Å². The second-order valence-electron chi connectivity index (χ2n) is 6.24. The maximum absolute atomic E-state index is 13.0. The molecule has 0 spiro atoms. The second-order valence-corrected chi connectivity index (χ2v) is 6.24. The largest absolute Gasteiger partial charge is 0.375 e. The molecule has 2 aliphatic heterocycles. The van der Waals surface area contributed by atoms with Crippen LogP contribution >= 0.6 is 0 Å². The molecule has 18 heavy (non-hydrogen) atoms. The number of halogens is 2. The summed E-state index contributed by atoms with van der Waals surface area (Å²) in [4.78, 5) is 2.09. The molecule has 2 rings (SSSR count). The van der Waals surface area contributed by atoms with E-state index in [1.807, 2.05) is 20.8 Å². The molecule has 0 aliphatic carbocycles. The van der Waals surface area contributed by atoms with E-state index in [2.05, 4.69) is 11.5 Å². The van der Waals surface area contributed by atoms with Gasteiger partial charge >= 0.3 is 0 Å². The maximum Gasteiger partial charge on any atom is 0.271 e. The third-order valence-corrected chi connectivity index (χ3v) is 3.62. The molecule has 0 saturated carbocycles. The van der Waals surface area contributed by atoms with Crippen LogP contribution in [0.3, 0.4) is 0 Å². The van der Waals surface area contributed by atoms with E-state index in [0.717, 1.165) is 18.5 Å². The molecular formula is C14H21F2NO. The van der Waals surface area contributed by atoms with Crippen LogP contribution in [0.25, 0.3) is 0 Å². The molecule has 0 aromatic rings. The Balaban J connectivity index is 2.12. The molecule has 0 radical (unpaired) electrons. The first-order valence-electron chi connectivity index (χ1n) is 6.36. The third kappa shape index (κ3) is 2.81. The van der Waals surface area contributed by atoms with E-state index in [1.165, 1.54) is 0 Å². The van der Waals surface area contributed by atoms with Crippen molar-refractivity contribution in [3.8, 4) is 0 Å². The molecular weight excluding hydrogens is 236 g/mol. The molecule has 4 heteroatoms. The van der Waals surface area contributed by atoms with E-state index in [0.29, 0.717) is 13.2 Å². The molecule has 2 atom stereocenters. The van der Waals surface area contributed by atoms with E-state index >= 15 is 0 Å². The lowest BCUT2D eigenvalue weighted by molar-refractivity contribution is -0.0217. The Labute approximate surface area is 107 Å². The Kier molecular flexibility index (Phi) is 3.60. The van der Waals surface area contributed by atoms with Gasteiger partial charge in [0, 0.05) is 30.6 Å². The standard InChI is InChI=1S/C14H21F2NO/c1-9-5-12-11(8-18-14(2,3)4)10(13(15)16)7-17(12)6-9/h11-12H,1,5-8H2,2-4H3. The van der Waals surface area contributed by atoms with Gasteiger partial charge in [-0.2, -0.15) is 8.78 Å². The number of hydrogen-bond acceptors (Lipinski definition) is 2. The second kappa shape index (κ2) is 4.74. The van der Waals surface area contributed by atoms with Crippen LogP contribution in [0, 0.1) is 5.92 Å². The van der Waals surface area contributed by atoms with Gasteiger partial charge in [-0.1, -0.05) is 12.2 Å². The van der Waals surface area contributed by atoms with E-state index in [1.54, 1.807) is 0 Å². The summed E-state index contributed by atoms with van der Waals surface area (Å²) < 4.78 is 31.7. The van der Waals surface area contributed by atoms with E-state index in [4.69, 9.17) is 4.74 Å². The topological polar surface area (TPSA) is 12.5 Å². The third-order valence-electron chi connectivity index (χ3n) is 3.62. The Bertz CT molecular complexity index is 380. The quantitative estimate of drug-likeness (QED) is 0.704. The molecule has 0 amide bonds. The molecule has 0 bridgehead atoms. The van der Waals surface area contributed by atoms with Crippen LogP contribution in [0.15, 0.2) is 23.8 Å². The predicted octanol–water partition coefficient (Wildman–Crippen LogP) is 3.21. The number of hydrogen-bond donors (Lipinski definition) is 0. The Hall–Kier alpha value is -0.740. The van der Waals surface area contributed by atoms with Crippen LogP contribution in [0.2, 0.25) is 0 Å².